The second kappa shape index (κ2) is 12.2. The molecular formula is C24H34FN5O3S. The number of hydrogen-bond acceptors (Lipinski definition) is 7. The highest BCUT2D eigenvalue weighted by atomic mass is 32.1. The molecule has 1 amide bonds. The molecule has 0 aromatic carbocycles. The van der Waals surface area contributed by atoms with Crippen LogP contribution in [0.1, 0.15) is 60.9 Å². The first-order valence-corrected chi connectivity index (χ1v) is 12.6. The first kappa shape index (κ1) is 26.0. The van der Waals surface area contributed by atoms with Gasteiger partial charge in [0.2, 0.25) is 0 Å². The number of thiazole rings is 1. The summed E-state index contributed by atoms with van der Waals surface area (Å²) in [6.07, 6.45) is 7.95. The van der Waals surface area contributed by atoms with Gasteiger partial charge in [0, 0.05) is 38.9 Å². The molecule has 0 saturated carbocycles. The molecular weight excluding hydrogens is 457 g/mol. The number of anilines is 1. The van der Waals surface area contributed by atoms with Crippen LogP contribution in [0.4, 0.5) is 9.52 Å². The van der Waals surface area contributed by atoms with Gasteiger partial charge in [0.15, 0.2) is 5.13 Å². The molecule has 2 aromatic rings. The van der Waals surface area contributed by atoms with Gasteiger partial charge in [0.1, 0.15) is 10.7 Å². The van der Waals surface area contributed by atoms with Gasteiger partial charge in [-0.25, -0.2) is 9.37 Å². The van der Waals surface area contributed by atoms with E-state index in [1.165, 1.54) is 43.3 Å². The zero-order valence-electron chi connectivity index (χ0n) is 20.1. The number of carbonyl (C=O) groups is 2. The van der Waals surface area contributed by atoms with Crippen molar-refractivity contribution in [2.24, 2.45) is 5.92 Å². The van der Waals surface area contributed by atoms with Crippen molar-refractivity contribution in [3.8, 4) is 0 Å². The van der Waals surface area contributed by atoms with Gasteiger partial charge in [-0.2, -0.15) is 0 Å². The Hall–Kier alpha value is -2.59. The van der Waals surface area contributed by atoms with E-state index in [-0.39, 0.29) is 24.2 Å². The fraction of sp³-hybridized carbons (Fsp3) is 0.583. The Morgan fingerprint density at radius 1 is 1.29 bits per heavy atom. The van der Waals surface area contributed by atoms with Gasteiger partial charge in [-0.05, 0) is 57.2 Å². The minimum absolute atomic E-state index is 0.0549. The van der Waals surface area contributed by atoms with Crippen molar-refractivity contribution in [1.29, 1.82) is 0 Å². The van der Waals surface area contributed by atoms with Crippen molar-refractivity contribution in [2.75, 3.05) is 38.1 Å². The van der Waals surface area contributed by atoms with Crippen molar-refractivity contribution in [3.63, 3.8) is 0 Å². The molecule has 0 radical (unpaired) electrons. The molecule has 4 rings (SSSR count). The third-order valence-electron chi connectivity index (χ3n) is 6.73. The van der Waals surface area contributed by atoms with Crippen molar-refractivity contribution < 1.29 is 19.1 Å². The molecule has 2 aliphatic rings. The van der Waals surface area contributed by atoms with E-state index in [9.17, 15) is 9.18 Å². The second-order valence-electron chi connectivity index (χ2n) is 9.04. The number of piperidine rings is 2. The SMILES string of the molecule is C[C@@H]1CCCN(C2CCN(C(=O)c3cnc(N(C)[C@@H](C)c4ncccc4F)s3)CC2)C1.O=CO. The largest absolute Gasteiger partial charge is 0.483 e. The molecule has 2 aromatic heterocycles. The standard InChI is InChI=1S/C23H32FN5OS.CH2O2/c1-16-6-5-11-29(15-16)18-8-12-28(13-9-18)22(30)20-14-26-23(31-20)27(3)17(2)21-19(24)7-4-10-25-21;2-1-3/h4,7,10,14,16-18H,5-6,8-9,11-13,15H2,1-3H3;1H,(H,2,3)/t16-,17+;/m1./s1. The third kappa shape index (κ3) is 6.29. The molecule has 0 aliphatic carbocycles. The number of aromatic nitrogens is 2. The summed E-state index contributed by atoms with van der Waals surface area (Å²) in [4.78, 5) is 37.1. The molecule has 4 heterocycles. The smallest absolute Gasteiger partial charge is 0.290 e. The van der Waals surface area contributed by atoms with Crippen LogP contribution in [0.25, 0.3) is 0 Å². The van der Waals surface area contributed by atoms with Crippen molar-refractivity contribution in [1.82, 2.24) is 19.8 Å². The molecule has 1 N–H and O–H groups in total. The minimum atomic E-state index is -0.333. The summed E-state index contributed by atoms with van der Waals surface area (Å²) in [6, 6.07) is 3.32. The predicted molar refractivity (Wildman–Crippen MR) is 131 cm³/mol. The van der Waals surface area contributed by atoms with E-state index in [0.717, 1.165) is 31.8 Å². The van der Waals surface area contributed by atoms with E-state index in [1.54, 1.807) is 18.5 Å². The number of likely N-dealkylation sites (tertiary alicyclic amines) is 2. The Kier molecular flexibility index (Phi) is 9.35. The fourth-order valence-corrected chi connectivity index (χ4v) is 5.65. The molecule has 0 unspecified atom stereocenters. The van der Waals surface area contributed by atoms with Gasteiger partial charge in [-0.1, -0.05) is 18.3 Å². The Bertz CT molecular complexity index is 950. The van der Waals surface area contributed by atoms with Gasteiger partial charge < -0.3 is 14.9 Å². The average Bonchev–Trinajstić information content (AvgIpc) is 3.34. The Labute approximate surface area is 204 Å². The second-order valence-corrected chi connectivity index (χ2v) is 10.0. The maximum atomic E-state index is 14.1. The van der Waals surface area contributed by atoms with Crippen LogP contribution in [-0.4, -0.2) is 76.5 Å². The minimum Gasteiger partial charge on any atom is -0.483 e. The zero-order valence-corrected chi connectivity index (χ0v) is 20.9. The third-order valence-corrected chi connectivity index (χ3v) is 7.80. The normalized spacial score (nSPS) is 20.2. The van der Waals surface area contributed by atoms with E-state index < -0.39 is 0 Å². The Morgan fingerprint density at radius 3 is 2.65 bits per heavy atom. The summed E-state index contributed by atoms with van der Waals surface area (Å²) in [6.45, 7) is 7.97. The van der Waals surface area contributed by atoms with E-state index >= 15 is 0 Å². The molecule has 0 bridgehead atoms. The Morgan fingerprint density at radius 2 is 2.00 bits per heavy atom. The van der Waals surface area contributed by atoms with E-state index in [4.69, 9.17) is 9.90 Å². The number of nitrogens with zero attached hydrogens (tertiary/aromatic N) is 5. The molecule has 8 nitrogen and oxygen atoms in total. The molecule has 186 valence electrons. The van der Waals surface area contributed by atoms with Crippen molar-refractivity contribution in [2.45, 2.75) is 51.6 Å². The highest BCUT2D eigenvalue weighted by Gasteiger charge is 2.30. The van der Waals surface area contributed by atoms with E-state index in [1.807, 2.05) is 23.8 Å². The van der Waals surface area contributed by atoms with Crippen LogP contribution in [0.5, 0.6) is 0 Å². The first-order valence-electron chi connectivity index (χ1n) is 11.8. The molecule has 10 heteroatoms. The van der Waals surface area contributed by atoms with E-state index in [0.29, 0.717) is 21.7 Å². The number of hydrogen-bond donors (Lipinski definition) is 1. The predicted octanol–water partition coefficient (Wildman–Crippen LogP) is 3.91. The molecule has 0 spiro atoms. The highest BCUT2D eigenvalue weighted by molar-refractivity contribution is 7.17. The van der Waals surface area contributed by atoms with Crippen LogP contribution in [0.3, 0.4) is 0 Å². The lowest BCUT2D eigenvalue weighted by Gasteiger charge is -2.41. The number of pyridine rings is 1. The zero-order chi connectivity index (χ0) is 24.7. The quantitative estimate of drug-likeness (QED) is 0.634. The van der Waals surface area contributed by atoms with Crippen LogP contribution in [0.15, 0.2) is 24.5 Å². The van der Waals surface area contributed by atoms with Gasteiger partial charge in [-0.15, -0.1) is 0 Å². The van der Waals surface area contributed by atoms with Gasteiger partial charge in [-0.3, -0.25) is 19.5 Å². The first-order chi connectivity index (χ1) is 16.3. The summed E-state index contributed by atoms with van der Waals surface area (Å²) in [5.74, 6) is 0.503. The van der Waals surface area contributed by atoms with Crippen molar-refractivity contribution in [3.05, 3.63) is 40.9 Å². The molecule has 2 saturated heterocycles. The molecule has 2 aliphatic heterocycles. The number of carboxylic acid groups (broad SMARTS) is 1. The van der Waals surface area contributed by atoms with Crippen LogP contribution < -0.4 is 4.90 Å². The van der Waals surface area contributed by atoms with Crippen molar-refractivity contribution >= 4 is 28.8 Å². The lowest BCUT2D eigenvalue weighted by atomic mass is 9.95. The average molecular weight is 492 g/mol. The number of rotatable bonds is 5. The van der Waals surface area contributed by atoms with Crippen LogP contribution >= 0.6 is 11.3 Å². The maximum Gasteiger partial charge on any atom is 0.290 e. The van der Waals surface area contributed by atoms with Gasteiger partial charge >= 0.3 is 0 Å². The maximum absolute atomic E-state index is 14.1. The lowest BCUT2D eigenvalue weighted by molar-refractivity contribution is -0.122. The lowest BCUT2D eigenvalue weighted by Crippen LogP contribution is -2.49. The van der Waals surface area contributed by atoms with Crippen LogP contribution in [0.2, 0.25) is 0 Å². The summed E-state index contributed by atoms with van der Waals surface area (Å²) in [7, 11) is 1.86. The number of carbonyl (C=O) groups excluding carboxylic acids is 1. The summed E-state index contributed by atoms with van der Waals surface area (Å²) < 4.78 is 14.1. The monoisotopic (exact) mass is 491 g/mol. The topological polar surface area (TPSA) is 89.9 Å². The van der Waals surface area contributed by atoms with Gasteiger partial charge in [0.05, 0.1) is 17.9 Å². The number of halogens is 1. The van der Waals surface area contributed by atoms with Gasteiger partial charge in [0.25, 0.3) is 12.4 Å². The Balaban J connectivity index is 0.00000103. The van der Waals surface area contributed by atoms with Crippen LogP contribution in [0, 0.1) is 11.7 Å². The fourth-order valence-electron chi connectivity index (χ4n) is 4.73. The molecule has 34 heavy (non-hydrogen) atoms. The summed E-state index contributed by atoms with van der Waals surface area (Å²) >= 11 is 1.36. The summed E-state index contributed by atoms with van der Waals surface area (Å²) in [5, 5.41) is 7.58. The van der Waals surface area contributed by atoms with Crippen LogP contribution in [-0.2, 0) is 4.79 Å². The summed E-state index contributed by atoms with van der Waals surface area (Å²) in [5.41, 5.74) is 0.377. The molecule has 2 atom stereocenters. The number of amides is 1. The highest BCUT2D eigenvalue weighted by Crippen LogP contribution is 2.31. The molecule has 2 fully saturated rings. The van der Waals surface area contributed by atoms with E-state index in [2.05, 4.69) is 21.8 Å².